The van der Waals surface area contributed by atoms with Gasteiger partial charge >= 0.3 is 13.5 Å². The number of unbranched alkanes of at least 4 members (excludes halogenated alkanes) is 13. The summed E-state index contributed by atoms with van der Waals surface area (Å²) >= 11 is 0. The van der Waals surface area contributed by atoms with Crippen LogP contribution in [0.5, 0.6) is 0 Å². The molecule has 298 valence electrons. The van der Waals surface area contributed by atoms with Crippen molar-refractivity contribution >= 4 is 17.7 Å². The fraction of sp³-hybridized carbons (Fsp3) is 0.882. The largest absolute Gasteiger partial charge is 0.472 e. The SMILES string of the molecule is CCCCCCCCCCCCS(=O)(=O)C(CCCCCCC)C(C)OCCCOP(=O)(O)OC[C@H]1O[C@@H](n2cc(F)c(=O)[nH]c2=O)[C@H](O)[C@@H]1O. The molecule has 1 aromatic rings. The molecule has 14 nitrogen and oxygen atoms in total. The summed E-state index contributed by atoms with van der Waals surface area (Å²) in [7, 11) is -8.07. The van der Waals surface area contributed by atoms with Crippen molar-refractivity contribution < 1.29 is 51.0 Å². The zero-order valence-corrected chi connectivity index (χ0v) is 32.3. The van der Waals surface area contributed by atoms with Gasteiger partial charge in [-0.25, -0.2) is 17.8 Å². The molecule has 7 atom stereocenters. The number of aromatic amines is 1. The molecule has 17 heteroatoms. The molecule has 3 unspecified atom stereocenters. The molecule has 1 aromatic heterocycles. The summed E-state index contributed by atoms with van der Waals surface area (Å²) in [4.78, 5) is 35.2. The van der Waals surface area contributed by atoms with E-state index in [1.165, 1.54) is 38.5 Å². The number of rotatable bonds is 29. The second-order valence-corrected chi connectivity index (χ2v) is 17.3. The molecule has 2 rings (SSSR count). The van der Waals surface area contributed by atoms with Crippen LogP contribution in [0.1, 0.15) is 136 Å². The molecule has 0 aromatic carbocycles. The van der Waals surface area contributed by atoms with Gasteiger partial charge in [0, 0.05) is 6.61 Å². The van der Waals surface area contributed by atoms with Crippen LogP contribution < -0.4 is 11.2 Å². The number of H-pyrrole nitrogens is 1. The molecular formula is C34H62FN2O12PS. The van der Waals surface area contributed by atoms with Crippen LogP contribution >= 0.6 is 7.82 Å². The average Bonchev–Trinajstić information content (AvgIpc) is 3.36. The van der Waals surface area contributed by atoms with Crippen molar-refractivity contribution in [3.05, 3.63) is 32.9 Å². The van der Waals surface area contributed by atoms with Gasteiger partial charge in [-0.15, -0.1) is 0 Å². The molecule has 0 aliphatic carbocycles. The summed E-state index contributed by atoms with van der Waals surface area (Å²) in [6.45, 7) is 5.16. The third-order valence-corrected chi connectivity index (χ3v) is 12.6. The van der Waals surface area contributed by atoms with E-state index in [4.69, 9.17) is 18.5 Å². The number of hydrogen-bond acceptors (Lipinski definition) is 11. The average molecular weight is 773 g/mol. The second kappa shape index (κ2) is 24.0. The lowest BCUT2D eigenvalue weighted by molar-refractivity contribution is -0.0557. The summed E-state index contributed by atoms with van der Waals surface area (Å²) in [5.41, 5.74) is -2.37. The molecule has 0 saturated carbocycles. The number of hydrogen-bond donors (Lipinski definition) is 4. The van der Waals surface area contributed by atoms with Gasteiger partial charge in [-0.3, -0.25) is 23.4 Å². The Labute approximate surface area is 302 Å². The van der Waals surface area contributed by atoms with Crippen molar-refractivity contribution in [1.82, 2.24) is 9.55 Å². The number of aliphatic hydroxyl groups is 2. The molecule has 1 saturated heterocycles. The van der Waals surface area contributed by atoms with Crippen LogP contribution in [0.25, 0.3) is 0 Å². The standard InChI is InChI=1S/C34H62FN2O12PS/c1-4-6-8-10-11-12-13-14-16-18-23-51(44,45)29(20-17-15-9-7-5-2)26(3)46-21-19-22-47-50(42,43)48-25-28-30(38)31(39)33(49-28)37-24-27(35)32(40)36-34(37)41/h24,26,28-31,33,38-39H,4-23,25H2,1-3H3,(H,42,43)(H,36,40,41)/t26?,28-,29?,30-,31-,33-/m1/s1. The number of halogens is 1. The quantitative estimate of drug-likeness (QED) is 0.0606. The van der Waals surface area contributed by atoms with Crippen LogP contribution in [0.4, 0.5) is 4.39 Å². The number of phosphoric acid groups is 1. The number of nitrogens with one attached hydrogen (secondary N) is 1. The molecule has 1 aliphatic heterocycles. The summed E-state index contributed by atoms with van der Waals surface area (Å²) in [5.74, 6) is -1.20. The minimum atomic E-state index is -4.67. The van der Waals surface area contributed by atoms with Gasteiger partial charge in [-0.2, -0.15) is 4.39 Å². The van der Waals surface area contributed by atoms with Gasteiger partial charge in [-0.05, 0) is 26.2 Å². The highest BCUT2D eigenvalue weighted by Crippen LogP contribution is 2.44. The van der Waals surface area contributed by atoms with Gasteiger partial charge in [0.2, 0.25) is 5.82 Å². The molecule has 0 spiro atoms. The second-order valence-electron chi connectivity index (χ2n) is 13.5. The number of ether oxygens (including phenoxy) is 2. The Morgan fingerprint density at radius 1 is 0.882 bits per heavy atom. The molecule has 0 bridgehead atoms. The normalized spacial score (nSPS) is 21.9. The third-order valence-electron chi connectivity index (χ3n) is 9.22. The number of sulfone groups is 1. The van der Waals surface area contributed by atoms with E-state index < -0.39 is 77.2 Å². The predicted molar refractivity (Wildman–Crippen MR) is 192 cm³/mol. The van der Waals surface area contributed by atoms with Crippen molar-refractivity contribution in [2.45, 2.75) is 166 Å². The smallest absolute Gasteiger partial charge is 0.387 e. The lowest BCUT2D eigenvalue weighted by Crippen LogP contribution is -2.38. The Bertz CT molecular complexity index is 1390. The first-order valence-electron chi connectivity index (χ1n) is 18.7. The molecule has 1 fully saturated rings. The van der Waals surface area contributed by atoms with Crippen LogP contribution in [0.15, 0.2) is 15.8 Å². The lowest BCUT2D eigenvalue weighted by Gasteiger charge is -2.25. The lowest BCUT2D eigenvalue weighted by atomic mass is 10.1. The number of phosphoric ester groups is 1. The molecule has 4 N–H and O–H groups in total. The monoisotopic (exact) mass is 772 g/mol. The van der Waals surface area contributed by atoms with Gasteiger partial charge in [0.15, 0.2) is 16.1 Å². The van der Waals surface area contributed by atoms with Crippen molar-refractivity contribution in [3.8, 4) is 0 Å². The van der Waals surface area contributed by atoms with Crippen molar-refractivity contribution in [2.75, 3.05) is 25.6 Å². The van der Waals surface area contributed by atoms with Gasteiger partial charge in [0.25, 0.3) is 5.56 Å². The number of aliphatic hydroxyl groups excluding tert-OH is 2. The van der Waals surface area contributed by atoms with Crippen molar-refractivity contribution in [3.63, 3.8) is 0 Å². The Morgan fingerprint density at radius 3 is 2.06 bits per heavy atom. The zero-order valence-electron chi connectivity index (χ0n) is 30.6. The first kappa shape index (κ1) is 45.7. The van der Waals surface area contributed by atoms with Crippen LogP contribution in [0.2, 0.25) is 0 Å². The first-order chi connectivity index (χ1) is 24.2. The molecule has 0 amide bonds. The molecule has 51 heavy (non-hydrogen) atoms. The predicted octanol–water partition coefficient (Wildman–Crippen LogP) is 5.29. The number of nitrogens with zero attached hydrogens (tertiary/aromatic N) is 1. The van der Waals surface area contributed by atoms with E-state index in [1.54, 1.807) is 11.9 Å². The molecule has 0 radical (unpaired) electrons. The van der Waals surface area contributed by atoms with E-state index in [9.17, 15) is 42.1 Å². The van der Waals surface area contributed by atoms with E-state index >= 15 is 0 Å². The highest BCUT2D eigenvalue weighted by Gasteiger charge is 2.45. The van der Waals surface area contributed by atoms with Gasteiger partial charge in [-0.1, -0.05) is 104 Å². The first-order valence-corrected chi connectivity index (χ1v) is 21.9. The van der Waals surface area contributed by atoms with Gasteiger partial charge in [0.05, 0.1) is 36.5 Å². The Balaban J connectivity index is 1.79. The van der Waals surface area contributed by atoms with E-state index in [1.807, 2.05) is 0 Å². The zero-order chi connectivity index (χ0) is 37.9. The fourth-order valence-corrected chi connectivity index (χ4v) is 9.03. The van der Waals surface area contributed by atoms with E-state index in [0.29, 0.717) is 23.6 Å². The summed E-state index contributed by atoms with van der Waals surface area (Å²) in [6, 6.07) is 0. The van der Waals surface area contributed by atoms with Crippen LogP contribution in [0, 0.1) is 5.82 Å². The van der Waals surface area contributed by atoms with E-state index in [0.717, 1.165) is 51.4 Å². The van der Waals surface area contributed by atoms with Crippen LogP contribution in [-0.4, -0.2) is 88.3 Å². The highest BCUT2D eigenvalue weighted by atomic mass is 32.2. The Kier molecular flexibility index (Phi) is 21.5. The van der Waals surface area contributed by atoms with Crippen LogP contribution in [-0.2, 0) is 32.9 Å². The maximum atomic E-state index is 13.7. The van der Waals surface area contributed by atoms with Gasteiger partial charge in [0.1, 0.15) is 18.3 Å². The topological polar surface area (TPSA) is 204 Å². The fourth-order valence-electron chi connectivity index (χ4n) is 6.16. The maximum absolute atomic E-state index is 13.7. The highest BCUT2D eigenvalue weighted by molar-refractivity contribution is 7.92. The molecule has 2 heterocycles. The van der Waals surface area contributed by atoms with E-state index in [2.05, 4.69) is 13.8 Å². The minimum absolute atomic E-state index is 0.0735. The summed E-state index contributed by atoms with van der Waals surface area (Å²) in [5, 5.41) is 20.0. The number of aromatic nitrogens is 2. The van der Waals surface area contributed by atoms with Gasteiger partial charge < -0.3 is 24.6 Å². The van der Waals surface area contributed by atoms with Crippen LogP contribution in [0.3, 0.4) is 0 Å². The molecular weight excluding hydrogens is 710 g/mol. The van der Waals surface area contributed by atoms with Crippen molar-refractivity contribution in [1.29, 1.82) is 0 Å². The Hall–Kier alpha value is -1.49. The Morgan fingerprint density at radius 2 is 1.45 bits per heavy atom. The minimum Gasteiger partial charge on any atom is -0.387 e. The third kappa shape index (κ3) is 16.6. The van der Waals surface area contributed by atoms with E-state index in [-0.39, 0.29) is 25.4 Å². The maximum Gasteiger partial charge on any atom is 0.472 e. The summed E-state index contributed by atoms with van der Waals surface area (Å²) in [6.07, 6.45) is 10.3. The van der Waals surface area contributed by atoms with Crippen molar-refractivity contribution in [2.24, 2.45) is 0 Å². The molecule has 1 aliphatic rings. The summed E-state index contributed by atoms with van der Waals surface area (Å²) < 4.78 is 74.7.